The Morgan fingerprint density at radius 3 is 0.895 bits per heavy atom. The van der Waals surface area contributed by atoms with Crippen molar-refractivity contribution in [2.24, 2.45) is 0 Å². The molecule has 4 rings (SSSR count). The van der Waals surface area contributed by atoms with E-state index in [0.717, 1.165) is 24.3 Å². The van der Waals surface area contributed by atoms with Gasteiger partial charge in [-0.05, 0) is 87.1 Å². The Balaban J connectivity index is 0.000000221. The maximum absolute atomic E-state index is 13.1. The molecule has 0 unspecified atom stereocenters. The van der Waals surface area contributed by atoms with Gasteiger partial charge in [0, 0.05) is 0 Å². The maximum atomic E-state index is 13.1. The van der Waals surface area contributed by atoms with Crippen molar-refractivity contribution in [2.45, 2.75) is 53.9 Å². The van der Waals surface area contributed by atoms with Crippen molar-refractivity contribution in [2.75, 3.05) is 0 Å². The lowest BCUT2D eigenvalue weighted by Gasteiger charge is -2.18. The first-order valence-corrected chi connectivity index (χ1v) is 12.1. The van der Waals surface area contributed by atoms with Gasteiger partial charge in [-0.15, -0.1) is 0 Å². The largest absolute Gasteiger partial charge is 0.417 e. The number of rotatable bonds is 2. The van der Waals surface area contributed by atoms with Gasteiger partial charge in [0.05, 0.1) is 11.1 Å². The highest BCUT2D eigenvalue weighted by atomic mass is 19.4. The minimum Gasteiger partial charge on any atom is -0.166 e. The van der Waals surface area contributed by atoms with Crippen LogP contribution in [0.15, 0.2) is 72.8 Å². The molecule has 0 N–H and O–H groups in total. The highest BCUT2D eigenvalue weighted by Gasteiger charge is 2.38. The van der Waals surface area contributed by atoms with Crippen LogP contribution in [0, 0.1) is 41.5 Å². The standard InChI is InChI=1S/C16H12F6.C16H18/c1-9-3-5-11(13(7-9)15(17,18)19)12-6-4-10(2)8-14(12)16(20,21)22;1-11-5-7-15(13(3)9-11)16-8-6-12(2)10-14(16)4/h3-8H,1-2H3;5-10H,1-4H3. The Labute approximate surface area is 220 Å². The normalized spacial score (nSPS) is 11.7. The number of alkyl halides is 6. The highest BCUT2D eigenvalue weighted by molar-refractivity contribution is 5.73. The second-order valence-corrected chi connectivity index (χ2v) is 9.73. The van der Waals surface area contributed by atoms with E-state index in [1.165, 1.54) is 59.4 Å². The van der Waals surface area contributed by atoms with Crippen LogP contribution >= 0.6 is 0 Å². The van der Waals surface area contributed by atoms with Crippen molar-refractivity contribution in [3.63, 3.8) is 0 Å². The Morgan fingerprint density at radius 2 is 0.632 bits per heavy atom. The summed E-state index contributed by atoms with van der Waals surface area (Å²) in [7, 11) is 0. The zero-order valence-corrected chi connectivity index (χ0v) is 22.2. The Morgan fingerprint density at radius 1 is 0.368 bits per heavy atom. The summed E-state index contributed by atoms with van der Waals surface area (Å²) in [6.07, 6.45) is -9.45. The SMILES string of the molecule is Cc1ccc(-c2ccc(C)cc2C(F)(F)F)c(C(F)(F)F)c1.Cc1ccc(-c2ccc(C)cc2C)c(C)c1. The number of halogens is 6. The summed E-state index contributed by atoms with van der Waals surface area (Å²) in [4.78, 5) is 0. The van der Waals surface area contributed by atoms with Crippen LogP contribution in [0.5, 0.6) is 0 Å². The molecule has 0 bridgehead atoms. The van der Waals surface area contributed by atoms with E-state index in [1.807, 2.05) is 0 Å². The monoisotopic (exact) mass is 528 g/mol. The van der Waals surface area contributed by atoms with E-state index in [1.54, 1.807) is 0 Å². The Kier molecular flexibility index (Phi) is 8.45. The molecular formula is C32H30F6. The molecule has 200 valence electrons. The molecule has 0 heterocycles. The molecule has 4 aromatic carbocycles. The molecule has 0 aliphatic heterocycles. The van der Waals surface area contributed by atoms with Crippen LogP contribution in [0.1, 0.15) is 44.5 Å². The summed E-state index contributed by atoms with van der Waals surface area (Å²) >= 11 is 0. The quantitative estimate of drug-likeness (QED) is 0.227. The average molecular weight is 529 g/mol. The molecule has 0 amide bonds. The molecule has 0 spiro atoms. The predicted molar refractivity (Wildman–Crippen MR) is 142 cm³/mol. The van der Waals surface area contributed by atoms with Crippen LogP contribution in [-0.4, -0.2) is 0 Å². The molecule has 0 atom stereocenters. The average Bonchev–Trinajstić information content (AvgIpc) is 2.79. The zero-order chi connectivity index (χ0) is 28.4. The van der Waals surface area contributed by atoms with Gasteiger partial charge < -0.3 is 0 Å². The van der Waals surface area contributed by atoms with Crippen LogP contribution < -0.4 is 0 Å². The van der Waals surface area contributed by atoms with E-state index in [-0.39, 0.29) is 0 Å². The van der Waals surface area contributed by atoms with Crippen molar-refractivity contribution in [1.82, 2.24) is 0 Å². The van der Waals surface area contributed by atoms with E-state index < -0.39 is 34.6 Å². The fourth-order valence-electron chi connectivity index (χ4n) is 4.49. The topological polar surface area (TPSA) is 0 Å². The summed E-state index contributed by atoms with van der Waals surface area (Å²) in [5, 5.41) is 0. The van der Waals surface area contributed by atoms with Gasteiger partial charge in [-0.2, -0.15) is 26.3 Å². The minimum atomic E-state index is -4.73. The summed E-state index contributed by atoms with van der Waals surface area (Å²) in [5.74, 6) is 0. The van der Waals surface area contributed by atoms with E-state index in [2.05, 4.69) is 64.1 Å². The molecule has 4 aromatic rings. The van der Waals surface area contributed by atoms with Crippen LogP contribution in [0.4, 0.5) is 26.3 Å². The third-order valence-electron chi connectivity index (χ3n) is 6.31. The van der Waals surface area contributed by atoms with Gasteiger partial charge in [-0.3, -0.25) is 0 Å². The number of hydrogen-bond donors (Lipinski definition) is 0. The molecule has 6 heteroatoms. The van der Waals surface area contributed by atoms with Gasteiger partial charge in [0.1, 0.15) is 0 Å². The number of benzene rings is 4. The van der Waals surface area contributed by atoms with E-state index in [9.17, 15) is 26.3 Å². The fraction of sp³-hybridized carbons (Fsp3) is 0.250. The van der Waals surface area contributed by atoms with E-state index >= 15 is 0 Å². The van der Waals surface area contributed by atoms with Crippen molar-refractivity contribution >= 4 is 0 Å². The van der Waals surface area contributed by atoms with Gasteiger partial charge in [0.15, 0.2) is 0 Å². The maximum Gasteiger partial charge on any atom is 0.417 e. The van der Waals surface area contributed by atoms with Crippen molar-refractivity contribution in [3.05, 3.63) is 117 Å². The summed E-state index contributed by atoms with van der Waals surface area (Å²) in [5.41, 5.74) is 5.65. The van der Waals surface area contributed by atoms with Gasteiger partial charge in [0.2, 0.25) is 0 Å². The molecule has 0 nitrogen and oxygen atoms in total. The first-order chi connectivity index (χ1) is 17.6. The summed E-state index contributed by atoms with van der Waals surface area (Å²) in [6.45, 7) is 11.6. The van der Waals surface area contributed by atoms with E-state index in [0.29, 0.717) is 11.1 Å². The molecule has 38 heavy (non-hydrogen) atoms. The van der Waals surface area contributed by atoms with Crippen LogP contribution in [0.3, 0.4) is 0 Å². The predicted octanol–water partition coefficient (Wildman–Crippen LogP) is 10.6. The smallest absolute Gasteiger partial charge is 0.166 e. The van der Waals surface area contributed by atoms with Crippen molar-refractivity contribution in [3.8, 4) is 22.3 Å². The van der Waals surface area contributed by atoms with E-state index in [4.69, 9.17) is 0 Å². The van der Waals surface area contributed by atoms with Gasteiger partial charge >= 0.3 is 12.4 Å². The Bertz CT molecular complexity index is 1330. The first kappa shape index (κ1) is 29.0. The van der Waals surface area contributed by atoms with Crippen molar-refractivity contribution in [1.29, 1.82) is 0 Å². The van der Waals surface area contributed by atoms with Crippen LogP contribution in [0.25, 0.3) is 22.3 Å². The molecule has 0 fully saturated rings. The third kappa shape index (κ3) is 6.85. The van der Waals surface area contributed by atoms with Gasteiger partial charge in [0.25, 0.3) is 0 Å². The fourth-order valence-corrected chi connectivity index (χ4v) is 4.49. The molecule has 0 radical (unpaired) electrons. The molecule has 0 aromatic heterocycles. The lowest BCUT2D eigenvalue weighted by Crippen LogP contribution is -2.11. The van der Waals surface area contributed by atoms with Gasteiger partial charge in [-0.25, -0.2) is 0 Å². The Hall–Kier alpha value is -3.54. The van der Waals surface area contributed by atoms with Crippen molar-refractivity contribution < 1.29 is 26.3 Å². The number of aryl methyl sites for hydroxylation is 6. The summed E-state index contributed by atoms with van der Waals surface area (Å²) in [6, 6.07) is 19.9. The van der Waals surface area contributed by atoms with Crippen LogP contribution in [0.2, 0.25) is 0 Å². The lowest BCUT2D eigenvalue weighted by atomic mass is 9.92. The van der Waals surface area contributed by atoms with Crippen LogP contribution in [-0.2, 0) is 12.4 Å². The first-order valence-electron chi connectivity index (χ1n) is 12.1. The lowest BCUT2D eigenvalue weighted by molar-refractivity contribution is -0.139. The molecular weight excluding hydrogens is 498 g/mol. The third-order valence-corrected chi connectivity index (χ3v) is 6.31. The van der Waals surface area contributed by atoms with Gasteiger partial charge in [-0.1, -0.05) is 82.9 Å². The highest BCUT2D eigenvalue weighted by Crippen LogP contribution is 2.43. The second-order valence-electron chi connectivity index (χ2n) is 9.73. The molecule has 0 aliphatic carbocycles. The molecule has 0 saturated carbocycles. The minimum absolute atomic E-state index is 0.330. The number of hydrogen-bond acceptors (Lipinski definition) is 0. The molecule has 0 saturated heterocycles. The second kappa shape index (κ2) is 11.1. The molecule has 0 aliphatic rings. The summed E-state index contributed by atoms with van der Waals surface area (Å²) < 4.78 is 78.8. The zero-order valence-electron chi connectivity index (χ0n) is 22.2.